The Morgan fingerprint density at radius 3 is 2.88 bits per heavy atom. The molecule has 1 aliphatic rings. The van der Waals surface area contributed by atoms with E-state index in [-0.39, 0.29) is 6.10 Å². The SMILES string of the molecule is OC1C=CC(I)=CC1. The van der Waals surface area contributed by atoms with E-state index in [2.05, 4.69) is 22.6 Å². The predicted molar refractivity (Wildman–Crippen MR) is 41.9 cm³/mol. The Bertz CT molecular complexity index is 137. The van der Waals surface area contributed by atoms with E-state index in [1.54, 1.807) is 0 Å². The van der Waals surface area contributed by atoms with Gasteiger partial charge in [-0.25, -0.2) is 0 Å². The second kappa shape index (κ2) is 2.64. The zero-order valence-corrected chi connectivity index (χ0v) is 6.50. The summed E-state index contributed by atoms with van der Waals surface area (Å²) in [5.41, 5.74) is 0. The zero-order chi connectivity index (χ0) is 5.98. The average molecular weight is 222 g/mol. The van der Waals surface area contributed by atoms with Crippen LogP contribution in [0.3, 0.4) is 0 Å². The van der Waals surface area contributed by atoms with Gasteiger partial charge in [-0.05, 0) is 29.0 Å². The van der Waals surface area contributed by atoms with Crippen molar-refractivity contribution >= 4 is 22.6 Å². The third kappa shape index (κ3) is 1.59. The first-order valence-corrected chi connectivity index (χ1v) is 3.59. The van der Waals surface area contributed by atoms with Gasteiger partial charge in [-0.2, -0.15) is 0 Å². The molecule has 44 valence electrons. The lowest BCUT2D eigenvalue weighted by molar-refractivity contribution is 0.225. The molecule has 0 saturated carbocycles. The highest BCUT2D eigenvalue weighted by Crippen LogP contribution is 2.15. The molecule has 0 bridgehead atoms. The Hall–Kier alpha value is 0.170. The first-order chi connectivity index (χ1) is 3.79. The maximum absolute atomic E-state index is 8.89. The third-order valence-electron chi connectivity index (χ3n) is 1.03. The lowest BCUT2D eigenvalue weighted by atomic mass is 10.1. The topological polar surface area (TPSA) is 20.2 Å². The van der Waals surface area contributed by atoms with Crippen LogP contribution in [0.15, 0.2) is 21.8 Å². The highest BCUT2D eigenvalue weighted by molar-refractivity contribution is 14.1. The van der Waals surface area contributed by atoms with E-state index in [1.807, 2.05) is 18.2 Å². The van der Waals surface area contributed by atoms with E-state index < -0.39 is 0 Å². The Morgan fingerprint density at radius 2 is 2.50 bits per heavy atom. The lowest BCUT2D eigenvalue weighted by Crippen LogP contribution is -2.01. The maximum Gasteiger partial charge on any atom is 0.0759 e. The molecule has 1 rings (SSSR count). The van der Waals surface area contributed by atoms with Crippen molar-refractivity contribution in [2.75, 3.05) is 0 Å². The first-order valence-electron chi connectivity index (χ1n) is 2.51. The molecular formula is C6H7IO. The number of rotatable bonds is 0. The third-order valence-corrected chi connectivity index (χ3v) is 1.83. The van der Waals surface area contributed by atoms with Gasteiger partial charge in [0.25, 0.3) is 0 Å². The second-order valence-corrected chi connectivity index (χ2v) is 3.00. The van der Waals surface area contributed by atoms with Gasteiger partial charge in [0.15, 0.2) is 0 Å². The van der Waals surface area contributed by atoms with Crippen LogP contribution in [-0.2, 0) is 0 Å². The first kappa shape index (κ1) is 6.29. The van der Waals surface area contributed by atoms with Crippen LogP contribution in [0.5, 0.6) is 0 Å². The van der Waals surface area contributed by atoms with Gasteiger partial charge >= 0.3 is 0 Å². The molecule has 0 aromatic carbocycles. The van der Waals surface area contributed by atoms with Crippen LogP contribution < -0.4 is 0 Å². The van der Waals surface area contributed by atoms with E-state index in [1.165, 1.54) is 3.58 Å². The van der Waals surface area contributed by atoms with Gasteiger partial charge in [-0.3, -0.25) is 0 Å². The fraction of sp³-hybridized carbons (Fsp3) is 0.333. The summed E-state index contributed by atoms with van der Waals surface area (Å²) < 4.78 is 1.22. The summed E-state index contributed by atoms with van der Waals surface area (Å²) in [6, 6.07) is 0. The van der Waals surface area contributed by atoms with Gasteiger partial charge in [0, 0.05) is 3.58 Å². The smallest absolute Gasteiger partial charge is 0.0759 e. The van der Waals surface area contributed by atoms with Crippen molar-refractivity contribution in [3.8, 4) is 0 Å². The van der Waals surface area contributed by atoms with Crippen molar-refractivity contribution in [3.05, 3.63) is 21.8 Å². The minimum Gasteiger partial charge on any atom is -0.389 e. The van der Waals surface area contributed by atoms with Crippen molar-refractivity contribution in [3.63, 3.8) is 0 Å². The molecule has 0 saturated heterocycles. The number of allylic oxidation sites excluding steroid dienone is 2. The molecule has 1 atom stereocenters. The minimum atomic E-state index is -0.242. The molecule has 0 aromatic heterocycles. The van der Waals surface area contributed by atoms with Crippen molar-refractivity contribution < 1.29 is 5.11 Å². The maximum atomic E-state index is 8.89. The van der Waals surface area contributed by atoms with Gasteiger partial charge in [0.05, 0.1) is 6.10 Å². The summed E-state index contributed by atoms with van der Waals surface area (Å²) in [5, 5.41) is 8.89. The van der Waals surface area contributed by atoms with E-state index in [0.717, 1.165) is 6.42 Å². The zero-order valence-electron chi connectivity index (χ0n) is 4.34. The standard InChI is InChI=1S/C6H7IO/c7-5-1-3-6(8)4-2-5/h1-3,6,8H,4H2. The molecule has 0 heterocycles. The summed E-state index contributed by atoms with van der Waals surface area (Å²) in [6.45, 7) is 0. The molecule has 1 unspecified atom stereocenters. The normalized spacial score (nSPS) is 27.8. The lowest BCUT2D eigenvalue weighted by Gasteiger charge is -2.05. The van der Waals surface area contributed by atoms with E-state index >= 15 is 0 Å². The summed E-state index contributed by atoms with van der Waals surface area (Å²) in [7, 11) is 0. The van der Waals surface area contributed by atoms with Crippen LogP contribution >= 0.6 is 22.6 Å². The number of hydrogen-bond acceptors (Lipinski definition) is 1. The monoisotopic (exact) mass is 222 g/mol. The van der Waals surface area contributed by atoms with Crippen LogP contribution in [0, 0.1) is 0 Å². The van der Waals surface area contributed by atoms with Crippen LogP contribution in [-0.4, -0.2) is 11.2 Å². The van der Waals surface area contributed by atoms with Crippen molar-refractivity contribution in [2.24, 2.45) is 0 Å². The van der Waals surface area contributed by atoms with E-state index in [4.69, 9.17) is 5.11 Å². The summed E-state index contributed by atoms with van der Waals surface area (Å²) >= 11 is 2.23. The van der Waals surface area contributed by atoms with Crippen LogP contribution in [0.25, 0.3) is 0 Å². The van der Waals surface area contributed by atoms with E-state index in [9.17, 15) is 0 Å². The van der Waals surface area contributed by atoms with Crippen molar-refractivity contribution in [1.82, 2.24) is 0 Å². The molecule has 8 heavy (non-hydrogen) atoms. The molecule has 1 aliphatic carbocycles. The number of halogens is 1. The minimum absolute atomic E-state index is 0.242. The highest BCUT2D eigenvalue weighted by atomic mass is 127. The Morgan fingerprint density at radius 1 is 1.75 bits per heavy atom. The van der Waals surface area contributed by atoms with E-state index in [0.29, 0.717) is 0 Å². The molecule has 0 amide bonds. The molecule has 1 N–H and O–H groups in total. The van der Waals surface area contributed by atoms with Gasteiger partial charge in [0.2, 0.25) is 0 Å². The van der Waals surface area contributed by atoms with Crippen molar-refractivity contribution in [2.45, 2.75) is 12.5 Å². The Balaban J connectivity index is 2.58. The van der Waals surface area contributed by atoms with Crippen LogP contribution in [0.1, 0.15) is 6.42 Å². The molecule has 0 aromatic rings. The average Bonchev–Trinajstić information content (AvgIpc) is 1.77. The van der Waals surface area contributed by atoms with Gasteiger partial charge < -0.3 is 5.11 Å². The number of aliphatic hydroxyl groups excluding tert-OH is 1. The fourth-order valence-electron chi connectivity index (χ4n) is 0.583. The second-order valence-electron chi connectivity index (χ2n) is 1.75. The molecule has 1 nitrogen and oxygen atoms in total. The molecule has 0 fully saturated rings. The van der Waals surface area contributed by atoms with Crippen LogP contribution in [0.4, 0.5) is 0 Å². The van der Waals surface area contributed by atoms with Gasteiger partial charge in [-0.15, -0.1) is 0 Å². The fourth-order valence-corrected chi connectivity index (χ4v) is 1.04. The highest BCUT2D eigenvalue weighted by Gasteiger charge is 2.00. The summed E-state index contributed by atoms with van der Waals surface area (Å²) in [4.78, 5) is 0. The summed E-state index contributed by atoms with van der Waals surface area (Å²) in [5.74, 6) is 0. The predicted octanol–water partition coefficient (Wildman–Crippen LogP) is 1.63. The Labute approximate surface area is 62.2 Å². The number of aliphatic hydroxyl groups is 1. The molecule has 0 aliphatic heterocycles. The Kier molecular flexibility index (Phi) is 2.08. The molecule has 2 heteroatoms. The van der Waals surface area contributed by atoms with Crippen molar-refractivity contribution in [1.29, 1.82) is 0 Å². The molecular weight excluding hydrogens is 215 g/mol. The summed E-state index contributed by atoms with van der Waals surface area (Å²) in [6.07, 6.45) is 6.28. The largest absolute Gasteiger partial charge is 0.389 e. The van der Waals surface area contributed by atoms with Gasteiger partial charge in [-0.1, -0.05) is 18.2 Å². The quantitative estimate of drug-likeness (QED) is 0.617. The van der Waals surface area contributed by atoms with Gasteiger partial charge in [0.1, 0.15) is 0 Å². The van der Waals surface area contributed by atoms with Crippen LogP contribution in [0.2, 0.25) is 0 Å². The molecule has 0 radical (unpaired) electrons. The number of hydrogen-bond donors (Lipinski definition) is 1. The molecule has 0 spiro atoms.